The highest BCUT2D eigenvalue weighted by Crippen LogP contribution is 1.93. The second-order valence-corrected chi connectivity index (χ2v) is 3.70. The van der Waals surface area contributed by atoms with Crippen LogP contribution in [0.5, 0.6) is 0 Å². The molecule has 0 aliphatic rings. The summed E-state index contributed by atoms with van der Waals surface area (Å²) in [6.07, 6.45) is 1.15. The van der Waals surface area contributed by atoms with Gasteiger partial charge in [-0.2, -0.15) is 0 Å². The molecule has 0 aliphatic carbocycles. The minimum atomic E-state index is 0.773. The van der Waals surface area contributed by atoms with Gasteiger partial charge >= 0.3 is 0 Å². The van der Waals surface area contributed by atoms with Gasteiger partial charge in [0.25, 0.3) is 0 Å². The molecule has 0 amide bonds. The van der Waals surface area contributed by atoms with Gasteiger partial charge in [0.15, 0.2) is 0 Å². The quantitative estimate of drug-likeness (QED) is 0.635. The largest absolute Gasteiger partial charge is 0.330 e. The minimum absolute atomic E-state index is 0.773. The predicted octanol–water partition coefficient (Wildman–Crippen LogP) is 2.65. The van der Waals surface area contributed by atoms with E-state index in [4.69, 9.17) is 5.73 Å². The average Bonchev–Trinajstić information content (AvgIpc) is 1.62. The maximum atomic E-state index is 5.23. The first-order valence-corrected chi connectivity index (χ1v) is 4.20. The summed E-state index contributed by atoms with van der Waals surface area (Å²) in [7, 11) is 0. The van der Waals surface area contributed by atoms with E-state index >= 15 is 0 Å². The summed E-state index contributed by atoms with van der Waals surface area (Å²) in [6.45, 7) is 11.7. The first kappa shape index (κ1) is 12.6. The summed E-state index contributed by atoms with van der Waals surface area (Å²) in [5, 5.41) is 0. The zero-order chi connectivity index (χ0) is 8.57. The van der Waals surface area contributed by atoms with Gasteiger partial charge in [0.2, 0.25) is 0 Å². The van der Waals surface area contributed by atoms with E-state index in [1.54, 1.807) is 0 Å². The number of nitrogens with two attached hydrogens (primary N) is 1. The van der Waals surface area contributed by atoms with Crippen LogP contribution in [0.2, 0.25) is 0 Å². The molecule has 10 heavy (non-hydrogen) atoms. The smallest absolute Gasteiger partial charge is 0.00748 e. The van der Waals surface area contributed by atoms with Crippen LogP contribution < -0.4 is 5.73 Å². The Morgan fingerprint density at radius 2 is 1.30 bits per heavy atom. The molecule has 0 heterocycles. The lowest BCUT2D eigenvalue weighted by Gasteiger charge is -1.96. The van der Waals surface area contributed by atoms with E-state index in [9.17, 15) is 0 Å². The van der Waals surface area contributed by atoms with Gasteiger partial charge in [0.05, 0.1) is 0 Å². The van der Waals surface area contributed by atoms with E-state index in [1.165, 1.54) is 0 Å². The van der Waals surface area contributed by atoms with Crippen molar-refractivity contribution in [3.8, 4) is 0 Å². The normalized spacial score (nSPS) is 9.60. The van der Waals surface area contributed by atoms with E-state index in [2.05, 4.69) is 34.6 Å². The van der Waals surface area contributed by atoms with Crippen LogP contribution in [0.15, 0.2) is 0 Å². The third-order valence-electron chi connectivity index (χ3n) is 0.744. The van der Waals surface area contributed by atoms with E-state index in [0.29, 0.717) is 0 Å². The molecule has 0 spiro atoms. The van der Waals surface area contributed by atoms with Gasteiger partial charge in [-0.15, -0.1) is 0 Å². The lowest BCUT2D eigenvalue weighted by Crippen LogP contribution is -2.01. The molecule has 64 valence electrons. The summed E-state index contributed by atoms with van der Waals surface area (Å²) in [6, 6.07) is 0. The van der Waals surface area contributed by atoms with E-state index in [0.717, 1.165) is 24.8 Å². The second-order valence-electron chi connectivity index (χ2n) is 3.70. The van der Waals surface area contributed by atoms with Crippen LogP contribution in [0.3, 0.4) is 0 Å². The van der Waals surface area contributed by atoms with Gasteiger partial charge in [-0.25, -0.2) is 0 Å². The monoisotopic (exact) mass is 145 g/mol. The Bertz CT molecular complexity index is 45.9. The number of rotatable bonds is 2. The van der Waals surface area contributed by atoms with E-state index in [-0.39, 0.29) is 0 Å². The van der Waals surface area contributed by atoms with Gasteiger partial charge in [-0.1, -0.05) is 34.6 Å². The summed E-state index contributed by atoms with van der Waals surface area (Å²) in [5.74, 6) is 1.61. The van der Waals surface area contributed by atoms with Crippen molar-refractivity contribution in [3.05, 3.63) is 0 Å². The fourth-order valence-electron chi connectivity index (χ4n) is 0.333. The maximum absolute atomic E-state index is 5.23. The van der Waals surface area contributed by atoms with Gasteiger partial charge < -0.3 is 5.73 Å². The fourth-order valence-corrected chi connectivity index (χ4v) is 0.333. The molecule has 0 aromatic carbocycles. The van der Waals surface area contributed by atoms with Crippen molar-refractivity contribution in [2.75, 3.05) is 6.54 Å². The zero-order valence-corrected chi connectivity index (χ0v) is 8.15. The molecule has 0 aromatic rings. The standard InChI is InChI=1S/C5H13N.C4H10/c1-5(2)3-4-6;1-4(2)3/h5H,3-4,6H2,1-2H3;4H,1-3H3. The van der Waals surface area contributed by atoms with Gasteiger partial charge in [0.1, 0.15) is 0 Å². The molecule has 0 aromatic heterocycles. The van der Waals surface area contributed by atoms with Crippen molar-refractivity contribution in [2.45, 2.75) is 41.0 Å². The van der Waals surface area contributed by atoms with Crippen LogP contribution in [0.25, 0.3) is 0 Å². The Morgan fingerprint density at radius 1 is 1.00 bits per heavy atom. The first-order valence-electron chi connectivity index (χ1n) is 4.20. The fraction of sp³-hybridized carbons (Fsp3) is 1.00. The average molecular weight is 145 g/mol. The van der Waals surface area contributed by atoms with Crippen LogP contribution in [-0.2, 0) is 0 Å². The summed E-state index contributed by atoms with van der Waals surface area (Å²) < 4.78 is 0. The molecule has 0 atom stereocenters. The van der Waals surface area contributed by atoms with Crippen LogP contribution in [0.4, 0.5) is 0 Å². The lowest BCUT2D eigenvalue weighted by atomic mass is 10.1. The highest BCUT2D eigenvalue weighted by molar-refractivity contribution is 4.42. The Kier molecular flexibility index (Phi) is 11.3. The molecular formula is C9H23N. The molecule has 0 radical (unpaired) electrons. The van der Waals surface area contributed by atoms with Crippen LogP contribution in [0.1, 0.15) is 41.0 Å². The molecule has 1 nitrogen and oxygen atoms in total. The molecule has 0 aliphatic heterocycles. The summed E-state index contributed by atoms with van der Waals surface area (Å²) in [4.78, 5) is 0. The van der Waals surface area contributed by atoms with Gasteiger partial charge in [-0.3, -0.25) is 0 Å². The molecule has 0 bridgehead atoms. The number of hydrogen-bond acceptors (Lipinski definition) is 1. The lowest BCUT2D eigenvalue weighted by molar-refractivity contribution is 0.596. The minimum Gasteiger partial charge on any atom is -0.330 e. The van der Waals surface area contributed by atoms with E-state index in [1.807, 2.05) is 0 Å². The molecule has 0 fully saturated rings. The SMILES string of the molecule is CC(C)C.CC(C)CCN. The Balaban J connectivity index is 0. The third kappa shape index (κ3) is 44.0. The highest BCUT2D eigenvalue weighted by atomic mass is 14.5. The van der Waals surface area contributed by atoms with Crippen molar-refractivity contribution < 1.29 is 0 Å². The molecule has 0 rings (SSSR count). The highest BCUT2D eigenvalue weighted by Gasteiger charge is 1.85. The van der Waals surface area contributed by atoms with Crippen LogP contribution >= 0.6 is 0 Å². The van der Waals surface area contributed by atoms with Crippen LogP contribution in [0, 0.1) is 11.8 Å². The topological polar surface area (TPSA) is 26.0 Å². The zero-order valence-electron chi connectivity index (χ0n) is 8.15. The molecule has 1 heteroatoms. The Hall–Kier alpha value is -0.0400. The molecule has 2 N–H and O–H groups in total. The summed E-state index contributed by atoms with van der Waals surface area (Å²) in [5.41, 5.74) is 5.23. The predicted molar refractivity (Wildman–Crippen MR) is 49.0 cm³/mol. The third-order valence-corrected chi connectivity index (χ3v) is 0.744. The first-order chi connectivity index (χ1) is 4.50. The van der Waals surface area contributed by atoms with Crippen molar-refractivity contribution in [2.24, 2.45) is 17.6 Å². The van der Waals surface area contributed by atoms with Gasteiger partial charge in [-0.05, 0) is 24.8 Å². The number of hydrogen-bond donors (Lipinski definition) is 1. The maximum Gasteiger partial charge on any atom is -0.00748 e. The Labute approximate surface area is 66.0 Å². The van der Waals surface area contributed by atoms with Crippen molar-refractivity contribution in [3.63, 3.8) is 0 Å². The van der Waals surface area contributed by atoms with Crippen molar-refractivity contribution in [1.82, 2.24) is 0 Å². The summed E-state index contributed by atoms with van der Waals surface area (Å²) >= 11 is 0. The molecule has 0 saturated heterocycles. The van der Waals surface area contributed by atoms with E-state index < -0.39 is 0 Å². The van der Waals surface area contributed by atoms with Crippen molar-refractivity contribution >= 4 is 0 Å². The molecular weight excluding hydrogens is 122 g/mol. The molecule has 0 saturated carbocycles. The molecule has 0 unspecified atom stereocenters. The van der Waals surface area contributed by atoms with Crippen molar-refractivity contribution in [1.29, 1.82) is 0 Å². The van der Waals surface area contributed by atoms with Gasteiger partial charge in [0, 0.05) is 0 Å². The second kappa shape index (κ2) is 8.96. The van der Waals surface area contributed by atoms with Crippen LogP contribution in [-0.4, -0.2) is 6.54 Å². The Morgan fingerprint density at radius 3 is 1.30 bits per heavy atom.